The van der Waals surface area contributed by atoms with Gasteiger partial charge in [-0.1, -0.05) is 36.0 Å². The number of amides is 1. The van der Waals surface area contributed by atoms with E-state index in [0.717, 1.165) is 20.6 Å². The summed E-state index contributed by atoms with van der Waals surface area (Å²) in [5, 5.41) is 12.0. The lowest BCUT2D eigenvalue weighted by Gasteiger charge is -2.10. The molecule has 6 nitrogen and oxygen atoms in total. The highest BCUT2D eigenvalue weighted by Gasteiger charge is 2.14. The number of allylic oxidation sites excluding steroid dienone is 1. The van der Waals surface area contributed by atoms with Gasteiger partial charge in [0.1, 0.15) is 12.4 Å². The van der Waals surface area contributed by atoms with E-state index in [9.17, 15) is 4.79 Å². The number of anilines is 1. The van der Waals surface area contributed by atoms with E-state index in [1.54, 1.807) is 6.08 Å². The average molecular weight is 520 g/mol. The quantitative estimate of drug-likeness (QED) is 0.252. The molecule has 0 radical (unpaired) electrons. The van der Waals surface area contributed by atoms with Gasteiger partial charge in [-0.2, -0.15) is 0 Å². The van der Waals surface area contributed by atoms with Crippen molar-refractivity contribution in [1.82, 2.24) is 14.8 Å². The molecule has 0 saturated heterocycles. The van der Waals surface area contributed by atoms with Gasteiger partial charge in [-0.15, -0.1) is 16.8 Å². The van der Waals surface area contributed by atoms with Crippen molar-refractivity contribution in [2.75, 3.05) is 11.1 Å². The molecular formula is C21H21IN4O2S. The molecule has 0 atom stereocenters. The van der Waals surface area contributed by atoms with Crippen molar-refractivity contribution in [3.8, 4) is 5.75 Å². The number of nitrogens with zero attached hydrogens (tertiary/aromatic N) is 3. The molecule has 0 aliphatic carbocycles. The first-order valence-electron chi connectivity index (χ1n) is 8.96. The minimum atomic E-state index is -0.0953. The zero-order valence-corrected chi connectivity index (χ0v) is 18.9. The van der Waals surface area contributed by atoms with Crippen LogP contribution in [-0.4, -0.2) is 26.4 Å². The first kappa shape index (κ1) is 21.4. The summed E-state index contributed by atoms with van der Waals surface area (Å²) in [6.45, 7) is 6.63. The molecule has 0 bridgehead atoms. The van der Waals surface area contributed by atoms with Crippen LogP contribution in [0.25, 0.3) is 0 Å². The molecule has 0 spiro atoms. The maximum Gasteiger partial charge on any atom is 0.234 e. The zero-order chi connectivity index (χ0) is 20.6. The SMILES string of the molecule is C=CCn1c(COc2ccccc2C)nnc1SCC(=O)Nc1ccc(I)cc1. The number of halogens is 1. The van der Waals surface area contributed by atoms with Gasteiger partial charge in [-0.3, -0.25) is 9.36 Å². The summed E-state index contributed by atoms with van der Waals surface area (Å²) in [7, 11) is 0. The summed E-state index contributed by atoms with van der Waals surface area (Å²) >= 11 is 3.56. The molecule has 1 N–H and O–H groups in total. The summed E-state index contributed by atoms with van der Waals surface area (Å²) in [6, 6.07) is 15.5. The van der Waals surface area contributed by atoms with Gasteiger partial charge in [-0.05, 0) is 65.4 Å². The number of ether oxygens (including phenoxy) is 1. The summed E-state index contributed by atoms with van der Waals surface area (Å²) < 4.78 is 8.92. The molecular weight excluding hydrogens is 499 g/mol. The number of hydrogen-bond donors (Lipinski definition) is 1. The molecule has 0 fully saturated rings. The molecule has 3 aromatic rings. The Kier molecular flexibility index (Phi) is 7.70. The molecule has 0 unspecified atom stereocenters. The van der Waals surface area contributed by atoms with Crippen molar-refractivity contribution in [2.45, 2.75) is 25.2 Å². The number of aromatic nitrogens is 3. The fourth-order valence-corrected chi connectivity index (χ4v) is 3.69. The minimum absolute atomic E-state index is 0.0953. The standard InChI is InChI=1S/C21H21IN4O2S/c1-3-12-26-19(13-28-18-7-5-4-6-15(18)2)24-25-21(26)29-14-20(27)23-17-10-8-16(22)9-11-17/h3-11H,1,12-14H2,2H3,(H,23,27). The van der Waals surface area contributed by atoms with Gasteiger partial charge >= 0.3 is 0 Å². The fourth-order valence-electron chi connectivity index (χ4n) is 2.57. The molecule has 2 aromatic carbocycles. The summed E-state index contributed by atoms with van der Waals surface area (Å²) in [6.07, 6.45) is 1.77. The molecule has 1 amide bonds. The topological polar surface area (TPSA) is 69.0 Å². The largest absolute Gasteiger partial charge is 0.485 e. The Balaban J connectivity index is 1.61. The first-order valence-corrected chi connectivity index (χ1v) is 11.0. The summed E-state index contributed by atoms with van der Waals surface area (Å²) in [5.41, 5.74) is 1.83. The van der Waals surface area contributed by atoms with E-state index in [-0.39, 0.29) is 11.7 Å². The van der Waals surface area contributed by atoms with Gasteiger partial charge in [-0.25, -0.2) is 0 Å². The van der Waals surface area contributed by atoms with E-state index < -0.39 is 0 Å². The van der Waals surface area contributed by atoms with E-state index in [0.29, 0.717) is 24.1 Å². The smallest absolute Gasteiger partial charge is 0.234 e. The summed E-state index contributed by atoms with van der Waals surface area (Å²) in [4.78, 5) is 12.3. The second-order valence-electron chi connectivity index (χ2n) is 6.20. The van der Waals surface area contributed by atoms with Crippen LogP contribution < -0.4 is 10.1 Å². The predicted octanol–water partition coefficient (Wildman–Crippen LogP) is 4.69. The number of aryl methyl sites for hydroxylation is 1. The normalized spacial score (nSPS) is 10.6. The maximum atomic E-state index is 12.3. The van der Waals surface area contributed by atoms with Crippen LogP contribution in [0.3, 0.4) is 0 Å². The van der Waals surface area contributed by atoms with Gasteiger partial charge in [0.25, 0.3) is 0 Å². The van der Waals surface area contributed by atoms with Crippen molar-refractivity contribution < 1.29 is 9.53 Å². The third-order valence-electron chi connectivity index (χ3n) is 4.02. The monoisotopic (exact) mass is 520 g/mol. The van der Waals surface area contributed by atoms with Crippen LogP contribution >= 0.6 is 34.4 Å². The zero-order valence-electron chi connectivity index (χ0n) is 16.0. The van der Waals surface area contributed by atoms with Crippen LogP contribution in [0.2, 0.25) is 0 Å². The van der Waals surface area contributed by atoms with Crippen LogP contribution in [-0.2, 0) is 17.9 Å². The molecule has 0 saturated carbocycles. The fraction of sp³-hybridized carbons (Fsp3) is 0.190. The molecule has 1 aromatic heterocycles. The number of hydrogen-bond acceptors (Lipinski definition) is 5. The van der Waals surface area contributed by atoms with Crippen molar-refractivity contribution >= 4 is 45.9 Å². The van der Waals surface area contributed by atoms with E-state index in [2.05, 4.69) is 44.7 Å². The van der Waals surface area contributed by atoms with E-state index >= 15 is 0 Å². The van der Waals surface area contributed by atoms with E-state index in [1.807, 2.05) is 60.0 Å². The molecule has 8 heteroatoms. The molecule has 0 aliphatic rings. The van der Waals surface area contributed by atoms with Crippen molar-refractivity contribution in [1.29, 1.82) is 0 Å². The summed E-state index contributed by atoms with van der Waals surface area (Å²) in [5.74, 6) is 1.64. The number of thioether (sulfide) groups is 1. The number of carbonyl (C=O) groups is 1. The van der Waals surface area contributed by atoms with Gasteiger partial charge in [0.2, 0.25) is 5.91 Å². The number of rotatable bonds is 9. The molecule has 3 rings (SSSR count). The number of para-hydroxylation sites is 1. The Morgan fingerprint density at radius 1 is 1.24 bits per heavy atom. The van der Waals surface area contributed by atoms with Crippen LogP contribution in [0, 0.1) is 10.5 Å². The Bertz CT molecular complexity index is 989. The second-order valence-corrected chi connectivity index (χ2v) is 8.38. The number of benzene rings is 2. The average Bonchev–Trinajstić information content (AvgIpc) is 3.09. The maximum absolute atomic E-state index is 12.3. The van der Waals surface area contributed by atoms with Crippen molar-refractivity contribution in [3.05, 3.63) is 76.1 Å². The van der Waals surface area contributed by atoms with Crippen LogP contribution in [0.1, 0.15) is 11.4 Å². The van der Waals surface area contributed by atoms with Crippen LogP contribution in [0.5, 0.6) is 5.75 Å². The third-order valence-corrected chi connectivity index (χ3v) is 5.70. The predicted molar refractivity (Wildman–Crippen MR) is 124 cm³/mol. The van der Waals surface area contributed by atoms with Gasteiger partial charge < -0.3 is 10.1 Å². The number of carbonyl (C=O) groups excluding carboxylic acids is 1. The van der Waals surface area contributed by atoms with Crippen molar-refractivity contribution in [3.63, 3.8) is 0 Å². The second kappa shape index (κ2) is 10.4. The minimum Gasteiger partial charge on any atom is -0.485 e. The van der Waals surface area contributed by atoms with E-state index in [4.69, 9.17) is 4.74 Å². The lowest BCUT2D eigenvalue weighted by Crippen LogP contribution is -2.15. The Labute approximate surface area is 187 Å². The Hall–Kier alpha value is -2.33. The van der Waals surface area contributed by atoms with Gasteiger partial charge in [0.15, 0.2) is 11.0 Å². The first-order chi connectivity index (χ1) is 14.1. The van der Waals surface area contributed by atoms with E-state index in [1.165, 1.54) is 11.8 Å². The molecule has 1 heterocycles. The molecule has 29 heavy (non-hydrogen) atoms. The Morgan fingerprint density at radius 2 is 2.00 bits per heavy atom. The van der Waals surface area contributed by atoms with Gasteiger partial charge in [0, 0.05) is 15.8 Å². The highest BCUT2D eigenvalue weighted by molar-refractivity contribution is 14.1. The highest BCUT2D eigenvalue weighted by atomic mass is 127. The lowest BCUT2D eigenvalue weighted by atomic mass is 10.2. The highest BCUT2D eigenvalue weighted by Crippen LogP contribution is 2.21. The lowest BCUT2D eigenvalue weighted by molar-refractivity contribution is -0.113. The Morgan fingerprint density at radius 3 is 2.72 bits per heavy atom. The molecule has 150 valence electrons. The number of nitrogens with one attached hydrogen (secondary N) is 1. The van der Waals surface area contributed by atoms with Gasteiger partial charge in [0.05, 0.1) is 5.75 Å². The molecule has 0 aliphatic heterocycles. The third kappa shape index (κ3) is 6.07. The van der Waals surface area contributed by atoms with Crippen LogP contribution in [0.4, 0.5) is 5.69 Å². The van der Waals surface area contributed by atoms with Crippen molar-refractivity contribution in [2.24, 2.45) is 0 Å². The van der Waals surface area contributed by atoms with Crippen LogP contribution in [0.15, 0.2) is 66.3 Å².